The first-order valence-electron chi connectivity index (χ1n) is 6.13. The molecule has 2 aromatic carbocycles. The number of carbonyl (C=O) groups is 1. The van der Waals surface area contributed by atoms with Gasteiger partial charge in [0.05, 0.1) is 0 Å². The fourth-order valence-corrected chi connectivity index (χ4v) is 2.07. The topological polar surface area (TPSA) is 57.5 Å². The largest absolute Gasteiger partial charge is 0.508 e. The minimum atomic E-state index is -0.231. The first-order chi connectivity index (χ1) is 9.06. The van der Waals surface area contributed by atoms with Crippen molar-refractivity contribution in [2.24, 2.45) is 0 Å². The van der Waals surface area contributed by atoms with E-state index in [4.69, 9.17) is 0 Å². The standard InChI is InChI=1S/C16H16O3/c1-11(17)16(13-4-8-15(19)9-5-13)10-12-2-6-14(18)7-3-12/h2-9,16,18-19H,10H2,1H3/t16-/m1/s1. The molecule has 3 heteroatoms. The van der Waals surface area contributed by atoms with E-state index in [2.05, 4.69) is 0 Å². The Hall–Kier alpha value is -2.29. The van der Waals surface area contributed by atoms with Crippen LogP contribution in [0.1, 0.15) is 24.0 Å². The Morgan fingerprint density at radius 3 is 1.89 bits per heavy atom. The maximum atomic E-state index is 11.8. The van der Waals surface area contributed by atoms with Gasteiger partial charge in [0, 0.05) is 5.92 Å². The summed E-state index contributed by atoms with van der Waals surface area (Å²) in [4.78, 5) is 11.8. The maximum Gasteiger partial charge on any atom is 0.137 e. The predicted molar refractivity (Wildman–Crippen MR) is 73.3 cm³/mol. The number of hydrogen-bond donors (Lipinski definition) is 2. The lowest BCUT2D eigenvalue weighted by Gasteiger charge is -2.14. The number of phenolic OH excluding ortho intramolecular Hbond substituents is 2. The van der Waals surface area contributed by atoms with Crippen molar-refractivity contribution in [3.05, 3.63) is 59.7 Å². The van der Waals surface area contributed by atoms with Crippen LogP contribution in [0.5, 0.6) is 11.5 Å². The van der Waals surface area contributed by atoms with E-state index in [9.17, 15) is 15.0 Å². The fraction of sp³-hybridized carbons (Fsp3) is 0.188. The average molecular weight is 256 g/mol. The van der Waals surface area contributed by atoms with E-state index >= 15 is 0 Å². The number of aromatic hydroxyl groups is 2. The Morgan fingerprint density at radius 1 is 0.947 bits per heavy atom. The lowest BCUT2D eigenvalue weighted by Crippen LogP contribution is -2.11. The molecule has 2 aromatic rings. The lowest BCUT2D eigenvalue weighted by molar-refractivity contribution is -0.118. The molecular formula is C16H16O3. The van der Waals surface area contributed by atoms with E-state index < -0.39 is 0 Å². The van der Waals surface area contributed by atoms with E-state index in [-0.39, 0.29) is 23.2 Å². The van der Waals surface area contributed by atoms with E-state index in [1.807, 2.05) is 12.1 Å². The molecule has 0 fully saturated rings. The maximum absolute atomic E-state index is 11.8. The second kappa shape index (κ2) is 5.57. The summed E-state index contributed by atoms with van der Waals surface area (Å²) in [5, 5.41) is 18.5. The van der Waals surface area contributed by atoms with Crippen LogP contribution in [0.2, 0.25) is 0 Å². The summed E-state index contributed by atoms with van der Waals surface area (Å²) in [6, 6.07) is 13.6. The molecule has 2 N–H and O–H groups in total. The van der Waals surface area contributed by atoms with Gasteiger partial charge in [-0.25, -0.2) is 0 Å². The van der Waals surface area contributed by atoms with Gasteiger partial charge in [0.2, 0.25) is 0 Å². The number of Topliss-reactive ketones (excluding diaryl/α,β-unsaturated/α-hetero) is 1. The van der Waals surface area contributed by atoms with Gasteiger partial charge in [0.15, 0.2) is 0 Å². The smallest absolute Gasteiger partial charge is 0.137 e. The van der Waals surface area contributed by atoms with Crippen molar-refractivity contribution >= 4 is 5.78 Å². The van der Waals surface area contributed by atoms with E-state index in [0.717, 1.165) is 11.1 Å². The summed E-state index contributed by atoms with van der Waals surface area (Å²) < 4.78 is 0. The molecule has 3 nitrogen and oxygen atoms in total. The van der Waals surface area contributed by atoms with Gasteiger partial charge in [-0.15, -0.1) is 0 Å². The number of phenols is 2. The van der Waals surface area contributed by atoms with Gasteiger partial charge < -0.3 is 10.2 Å². The number of hydrogen-bond acceptors (Lipinski definition) is 3. The molecule has 0 amide bonds. The van der Waals surface area contributed by atoms with Crippen LogP contribution in [0.25, 0.3) is 0 Å². The summed E-state index contributed by atoms with van der Waals surface area (Å²) in [5.74, 6) is 0.257. The average Bonchev–Trinajstić information content (AvgIpc) is 2.39. The van der Waals surface area contributed by atoms with Crippen molar-refractivity contribution in [2.75, 3.05) is 0 Å². The molecule has 0 saturated carbocycles. The highest BCUT2D eigenvalue weighted by Crippen LogP contribution is 2.24. The molecular weight excluding hydrogens is 240 g/mol. The van der Waals surface area contributed by atoms with Crippen molar-refractivity contribution in [3.8, 4) is 11.5 Å². The Morgan fingerprint density at radius 2 is 1.42 bits per heavy atom. The highest BCUT2D eigenvalue weighted by Gasteiger charge is 2.17. The van der Waals surface area contributed by atoms with Gasteiger partial charge in [0.25, 0.3) is 0 Å². The van der Waals surface area contributed by atoms with Crippen LogP contribution in [0.4, 0.5) is 0 Å². The molecule has 98 valence electrons. The van der Waals surface area contributed by atoms with Crippen LogP contribution < -0.4 is 0 Å². The van der Waals surface area contributed by atoms with Gasteiger partial charge in [-0.05, 0) is 48.7 Å². The highest BCUT2D eigenvalue weighted by atomic mass is 16.3. The second-order valence-electron chi connectivity index (χ2n) is 4.63. The zero-order valence-electron chi connectivity index (χ0n) is 10.7. The molecule has 1 atom stereocenters. The molecule has 0 aliphatic heterocycles. The van der Waals surface area contributed by atoms with Gasteiger partial charge in [0.1, 0.15) is 17.3 Å². The minimum absolute atomic E-state index is 0.0822. The number of ketones is 1. The van der Waals surface area contributed by atoms with Crippen LogP contribution in [-0.2, 0) is 11.2 Å². The Bertz CT molecular complexity index is 556. The molecule has 0 aromatic heterocycles. The second-order valence-corrected chi connectivity index (χ2v) is 4.63. The lowest BCUT2D eigenvalue weighted by atomic mass is 9.89. The first kappa shape index (κ1) is 13.1. The number of carbonyl (C=O) groups excluding carboxylic acids is 1. The Balaban J connectivity index is 2.23. The van der Waals surface area contributed by atoms with Crippen molar-refractivity contribution < 1.29 is 15.0 Å². The molecule has 0 saturated heterocycles. The number of benzene rings is 2. The molecule has 0 bridgehead atoms. The summed E-state index contributed by atoms with van der Waals surface area (Å²) in [5.41, 5.74) is 1.88. The van der Waals surface area contributed by atoms with Gasteiger partial charge in [-0.3, -0.25) is 4.79 Å². The molecule has 0 aliphatic rings. The summed E-state index contributed by atoms with van der Waals surface area (Å²) in [7, 11) is 0. The van der Waals surface area contributed by atoms with Crippen LogP contribution in [0.3, 0.4) is 0 Å². The van der Waals surface area contributed by atoms with Gasteiger partial charge in [-0.1, -0.05) is 24.3 Å². The van der Waals surface area contributed by atoms with Gasteiger partial charge in [-0.2, -0.15) is 0 Å². The minimum Gasteiger partial charge on any atom is -0.508 e. The van der Waals surface area contributed by atoms with E-state index in [1.165, 1.54) is 0 Å². The van der Waals surface area contributed by atoms with E-state index in [1.54, 1.807) is 43.3 Å². The molecule has 0 aliphatic carbocycles. The number of rotatable bonds is 4. The van der Waals surface area contributed by atoms with Crippen molar-refractivity contribution in [1.82, 2.24) is 0 Å². The van der Waals surface area contributed by atoms with Crippen LogP contribution in [-0.4, -0.2) is 16.0 Å². The third-order valence-corrected chi connectivity index (χ3v) is 3.16. The summed E-state index contributed by atoms with van der Waals surface area (Å²) in [6.07, 6.45) is 0.584. The monoisotopic (exact) mass is 256 g/mol. The van der Waals surface area contributed by atoms with Gasteiger partial charge >= 0.3 is 0 Å². The molecule has 0 heterocycles. The molecule has 0 radical (unpaired) electrons. The van der Waals surface area contributed by atoms with Crippen molar-refractivity contribution in [1.29, 1.82) is 0 Å². The van der Waals surface area contributed by atoms with Crippen LogP contribution in [0, 0.1) is 0 Å². The van der Waals surface area contributed by atoms with Crippen molar-refractivity contribution in [3.63, 3.8) is 0 Å². The molecule has 0 unspecified atom stereocenters. The Kier molecular flexibility index (Phi) is 3.85. The molecule has 19 heavy (non-hydrogen) atoms. The third-order valence-electron chi connectivity index (χ3n) is 3.16. The molecule has 0 spiro atoms. The summed E-state index contributed by atoms with van der Waals surface area (Å²) in [6.45, 7) is 1.57. The fourth-order valence-electron chi connectivity index (χ4n) is 2.07. The highest BCUT2D eigenvalue weighted by molar-refractivity contribution is 5.83. The summed E-state index contributed by atoms with van der Waals surface area (Å²) >= 11 is 0. The third kappa shape index (κ3) is 3.35. The SMILES string of the molecule is CC(=O)[C@@H](Cc1ccc(O)cc1)c1ccc(O)cc1. The van der Waals surface area contributed by atoms with Crippen LogP contribution >= 0.6 is 0 Å². The first-order valence-corrected chi connectivity index (χ1v) is 6.13. The predicted octanol–water partition coefficient (Wildman–Crippen LogP) is 3.01. The van der Waals surface area contributed by atoms with Crippen molar-refractivity contribution in [2.45, 2.75) is 19.3 Å². The normalized spacial score (nSPS) is 12.1. The Labute approximate surface area is 112 Å². The van der Waals surface area contributed by atoms with E-state index in [0.29, 0.717) is 6.42 Å². The zero-order chi connectivity index (χ0) is 13.8. The zero-order valence-corrected chi connectivity index (χ0v) is 10.7. The van der Waals surface area contributed by atoms with Crippen LogP contribution in [0.15, 0.2) is 48.5 Å². The molecule has 2 rings (SSSR count). The quantitative estimate of drug-likeness (QED) is 0.884.